The van der Waals surface area contributed by atoms with Crippen molar-refractivity contribution in [2.24, 2.45) is 0 Å². The first-order valence-corrected chi connectivity index (χ1v) is 5.27. The number of aliphatic carboxylic acids is 1. The number of nitrogens with one attached hydrogen (secondary N) is 1. The fourth-order valence-electron chi connectivity index (χ4n) is 1.30. The summed E-state index contributed by atoms with van der Waals surface area (Å²) in [6.07, 6.45) is 0. The van der Waals surface area contributed by atoms with Crippen LogP contribution in [0, 0.1) is 5.82 Å². The Bertz CT molecular complexity index is 529. The Morgan fingerprint density at radius 1 is 1.26 bits per heavy atom. The van der Waals surface area contributed by atoms with E-state index in [1.807, 2.05) is 0 Å². The molecule has 1 atom stereocenters. The van der Waals surface area contributed by atoms with Gasteiger partial charge in [-0.05, 0) is 25.1 Å². The number of benzene rings is 1. The van der Waals surface area contributed by atoms with Gasteiger partial charge in [0, 0.05) is 5.56 Å². The summed E-state index contributed by atoms with van der Waals surface area (Å²) in [6, 6.07) is 1.82. The summed E-state index contributed by atoms with van der Waals surface area (Å²) < 4.78 is 17.7. The van der Waals surface area contributed by atoms with E-state index in [9.17, 15) is 18.8 Å². The summed E-state index contributed by atoms with van der Waals surface area (Å²) in [5, 5.41) is 10.8. The van der Waals surface area contributed by atoms with Gasteiger partial charge < -0.3 is 15.2 Å². The van der Waals surface area contributed by atoms with Gasteiger partial charge >= 0.3 is 11.9 Å². The molecule has 0 bridgehead atoms. The second kappa shape index (κ2) is 5.94. The summed E-state index contributed by atoms with van der Waals surface area (Å²) in [7, 11) is 1.12. The van der Waals surface area contributed by atoms with Crippen LogP contribution in [0.1, 0.15) is 27.6 Å². The maximum absolute atomic E-state index is 13.3. The van der Waals surface area contributed by atoms with Crippen molar-refractivity contribution in [3.05, 3.63) is 35.1 Å². The topological polar surface area (TPSA) is 92.7 Å². The van der Waals surface area contributed by atoms with Gasteiger partial charge in [-0.1, -0.05) is 0 Å². The van der Waals surface area contributed by atoms with Crippen LogP contribution >= 0.6 is 0 Å². The molecule has 0 radical (unpaired) electrons. The van der Waals surface area contributed by atoms with E-state index in [4.69, 9.17) is 5.11 Å². The number of hydrogen-bond acceptors (Lipinski definition) is 4. The predicted molar refractivity (Wildman–Crippen MR) is 62.3 cm³/mol. The molecule has 2 N–H and O–H groups in total. The third-order valence-corrected chi connectivity index (χ3v) is 2.30. The van der Waals surface area contributed by atoms with E-state index in [-0.39, 0.29) is 11.1 Å². The first-order valence-electron chi connectivity index (χ1n) is 5.27. The predicted octanol–water partition coefficient (Wildman–Crippen LogP) is 0.815. The molecule has 0 aromatic heterocycles. The first kappa shape index (κ1) is 14.6. The third kappa shape index (κ3) is 3.77. The van der Waals surface area contributed by atoms with Crippen LogP contribution in [0.15, 0.2) is 18.2 Å². The van der Waals surface area contributed by atoms with Gasteiger partial charge in [0.25, 0.3) is 5.91 Å². The van der Waals surface area contributed by atoms with Crippen LogP contribution in [-0.4, -0.2) is 36.1 Å². The fourth-order valence-corrected chi connectivity index (χ4v) is 1.30. The molecule has 0 saturated carbocycles. The Balaban J connectivity index is 3.00. The lowest BCUT2D eigenvalue weighted by molar-refractivity contribution is -0.138. The van der Waals surface area contributed by atoms with Crippen LogP contribution in [-0.2, 0) is 9.53 Å². The number of amides is 1. The molecule has 0 aliphatic rings. The molecular weight excluding hydrogens is 257 g/mol. The Labute approximate surface area is 108 Å². The lowest BCUT2D eigenvalue weighted by atomic mass is 10.1. The fraction of sp³-hybridized carbons (Fsp3) is 0.250. The van der Waals surface area contributed by atoms with E-state index >= 15 is 0 Å². The smallest absolute Gasteiger partial charge is 0.337 e. The molecule has 1 aromatic carbocycles. The molecule has 0 aliphatic carbocycles. The van der Waals surface area contributed by atoms with Gasteiger partial charge in [-0.15, -0.1) is 0 Å². The zero-order chi connectivity index (χ0) is 14.6. The van der Waals surface area contributed by atoms with Gasteiger partial charge in [-0.25, -0.2) is 9.18 Å². The van der Waals surface area contributed by atoms with Crippen LogP contribution in [0.4, 0.5) is 4.39 Å². The summed E-state index contributed by atoms with van der Waals surface area (Å²) in [5.74, 6) is -3.60. The quantitative estimate of drug-likeness (QED) is 0.789. The highest BCUT2D eigenvalue weighted by molar-refractivity contribution is 5.99. The van der Waals surface area contributed by atoms with E-state index < -0.39 is 29.7 Å². The SMILES string of the molecule is COC(=O)c1cc(F)cc(C(=O)N[C@@H](C)C(=O)O)c1. The number of methoxy groups -OCH3 is 1. The summed E-state index contributed by atoms with van der Waals surface area (Å²) in [4.78, 5) is 33.5. The molecule has 1 rings (SSSR count). The number of rotatable bonds is 4. The molecule has 6 nitrogen and oxygen atoms in total. The van der Waals surface area contributed by atoms with Crippen LogP contribution in [0.5, 0.6) is 0 Å². The zero-order valence-electron chi connectivity index (χ0n) is 10.3. The summed E-state index contributed by atoms with van der Waals surface area (Å²) in [6.45, 7) is 1.26. The molecule has 0 unspecified atom stereocenters. The number of carboxylic acid groups (broad SMARTS) is 1. The Morgan fingerprint density at radius 2 is 1.84 bits per heavy atom. The van der Waals surface area contributed by atoms with Crippen LogP contribution in [0.25, 0.3) is 0 Å². The number of carbonyl (C=O) groups excluding carboxylic acids is 2. The monoisotopic (exact) mass is 269 g/mol. The van der Waals surface area contributed by atoms with Crippen molar-refractivity contribution in [2.45, 2.75) is 13.0 Å². The van der Waals surface area contributed by atoms with Gasteiger partial charge in [-0.2, -0.15) is 0 Å². The molecule has 0 spiro atoms. The van der Waals surface area contributed by atoms with E-state index in [2.05, 4.69) is 10.1 Å². The lowest BCUT2D eigenvalue weighted by Gasteiger charge is -2.10. The largest absolute Gasteiger partial charge is 0.480 e. The van der Waals surface area contributed by atoms with E-state index in [0.717, 1.165) is 25.3 Å². The Kier molecular flexibility index (Phi) is 4.57. The van der Waals surface area contributed by atoms with Crippen molar-refractivity contribution in [3.8, 4) is 0 Å². The second-order valence-corrected chi connectivity index (χ2v) is 3.75. The average Bonchev–Trinajstić information content (AvgIpc) is 2.36. The molecule has 0 heterocycles. The van der Waals surface area contributed by atoms with Gasteiger partial charge in [0.2, 0.25) is 0 Å². The van der Waals surface area contributed by atoms with Crippen LogP contribution < -0.4 is 5.32 Å². The number of halogens is 1. The first-order chi connectivity index (χ1) is 8.85. The minimum absolute atomic E-state index is 0.129. The minimum Gasteiger partial charge on any atom is -0.480 e. The summed E-state index contributed by atoms with van der Waals surface area (Å²) in [5.41, 5.74) is -0.288. The number of ether oxygens (including phenoxy) is 1. The van der Waals surface area contributed by atoms with Crippen LogP contribution in [0.3, 0.4) is 0 Å². The van der Waals surface area contributed by atoms with Crippen molar-refractivity contribution >= 4 is 17.8 Å². The molecule has 19 heavy (non-hydrogen) atoms. The Morgan fingerprint density at radius 3 is 2.37 bits per heavy atom. The molecule has 1 amide bonds. The summed E-state index contributed by atoms with van der Waals surface area (Å²) >= 11 is 0. The van der Waals surface area contributed by atoms with Crippen LogP contribution in [0.2, 0.25) is 0 Å². The maximum atomic E-state index is 13.3. The number of carbonyl (C=O) groups is 3. The maximum Gasteiger partial charge on any atom is 0.337 e. The van der Waals surface area contributed by atoms with Crippen molar-refractivity contribution in [1.82, 2.24) is 5.32 Å². The van der Waals surface area contributed by atoms with Gasteiger partial charge in [0.15, 0.2) is 0 Å². The van der Waals surface area contributed by atoms with Crippen molar-refractivity contribution in [1.29, 1.82) is 0 Å². The van der Waals surface area contributed by atoms with E-state index in [0.29, 0.717) is 0 Å². The normalized spacial score (nSPS) is 11.5. The highest BCUT2D eigenvalue weighted by Crippen LogP contribution is 2.10. The molecule has 0 saturated heterocycles. The third-order valence-electron chi connectivity index (χ3n) is 2.30. The van der Waals surface area contributed by atoms with E-state index in [1.165, 1.54) is 6.92 Å². The Hall–Kier alpha value is -2.44. The minimum atomic E-state index is -1.22. The molecule has 0 fully saturated rings. The van der Waals surface area contributed by atoms with Gasteiger partial charge in [-0.3, -0.25) is 9.59 Å². The second-order valence-electron chi connectivity index (χ2n) is 3.75. The molecule has 7 heteroatoms. The average molecular weight is 269 g/mol. The molecular formula is C12H12FNO5. The van der Waals surface area contributed by atoms with Crippen molar-refractivity contribution in [3.63, 3.8) is 0 Å². The number of hydrogen-bond donors (Lipinski definition) is 2. The number of esters is 1. The number of carboxylic acids is 1. The van der Waals surface area contributed by atoms with Crippen molar-refractivity contribution < 1.29 is 28.6 Å². The standard InChI is InChI=1S/C12H12FNO5/c1-6(11(16)17)14-10(15)7-3-8(12(18)19-2)5-9(13)4-7/h3-6H,1-2H3,(H,14,15)(H,16,17)/t6-/m0/s1. The lowest BCUT2D eigenvalue weighted by Crippen LogP contribution is -2.38. The van der Waals surface area contributed by atoms with E-state index in [1.54, 1.807) is 0 Å². The highest BCUT2D eigenvalue weighted by Gasteiger charge is 2.17. The van der Waals surface area contributed by atoms with Gasteiger partial charge in [0.05, 0.1) is 12.7 Å². The molecule has 102 valence electrons. The zero-order valence-corrected chi connectivity index (χ0v) is 10.3. The molecule has 1 aromatic rings. The highest BCUT2D eigenvalue weighted by atomic mass is 19.1. The molecule has 0 aliphatic heterocycles. The van der Waals surface area contributed by atoms with Crippen molar-refractivity contribution in [2.75, 3.05) is 7.11 Å². The van der Waals surface area contributed by atoms with Gasteiger partial charge in [0.1, 0.15) is 11.9 Å².